The van der Waals surface area contributed by atoms with E-state index in [1.807, 2.05) is 0 Å². The van der Waals surface area contributed by atoms with Crippen LogP contribution < -0.4 is 14.8 Å². The maximum absolute atomic E-state index is 12.5. The predicted molar refractivity (Wildman–Crippen MR) is 88.7 cm³/mol. The average molecular weight is 358 g/mol. The van der Waals surface area contributed by atoms with Gasteiger partial charge < -0.3 is 19.9 Å². The molecule has 1 aliphatic heterocycles. The van der Waals surface area contributed by atoms with E-state index >= 15 is 0 Å². The molecule has 2 aliphatic rings. The first-order valence-electron chi connectivity index (χ1n) is 8.40. The molecule has 1 atom stereocenters. The fourth-order valence-electron chi connectivity index (χ4n) is 2.97. The summed E-state index contributed by atoms with van der Waals surface area (Å²) in [5.74, 6) is -0.313. The fourth-order valence-corrected chi connectivity index (χ4v) is 2.97. The molecule has 136 valence electrons. The summed E-state index contributed by atoms with van der Waals surface area (Å²) in [7, 11) is 0. The van der Waals surface area contributed by atoms with Crippen LogP contribution in [0.1, 0.15) is 29.0 Å². The van der Waals surface area contributed by atoms with Gasteiger partial charge in [0.2, 0.25) is 0 Å². The first kappa shape index (κ1) is 16.4. The lowest BCUT2D eigenvalue weighted by molar-refractivity contribution is -0.139. The van der Waals surface area contributed by atoms with Crippen molar-refractivity contribution in [2.75, 3.05) is 13.2 Å². The van der Waals surface area contributed by atoms with Gasteiger partial charge in [0.05, 0.1) is 11.4 Å². The Morgan fingerprint density at radius 1 is 1.27 bits per heavy atom. The van der Waals surface area contributed by atoms with Gasteiger partial charge in [-0.05, 0) is 37.8 Å². The van der Waals surface area contributed by atoms with E-state index in [2.05, 4.69) is 15.6 Å². The number of aliphatic carboxylic acids is 1. The summed E-state index contributed by atoms with van der Waals surface area (Å²) in [6.07, 6.45) is 1.61. The SMILES string of the molecule is Cc1c(C(=O)N[C@@H](C(=O)O)C2CC2)nnn1-c1ccc2c(c1)OCCO2. The van der Waals surface area contributed by atoms with E-state index in [-0.39, 0.29) is 11.6 Å². The first-order valence-corrected chi connectivity index (χ1v) is 8.40. The van der Waals surface area contributed by atoms with Gasteiger partial charge >= 0.3 is 5.97 Å². The lowest BCUT2D eigenvalue weighted by atomic mass is 10.2. The number of rotatable bonds is 5. The summed E-state index contributed by atoms with van der Waals surface area (Å²) in [5, 5.41) is 19.8. The summed E-state index contributed by atoms with van der Waals surface area (Å²) < 4.78 is 12.6. The molecule has 9 heteroatoms. The van der Waals surface area contributed by atoms with Crippen LogP contribution in [0.25, 0.3) is 5.69 Å². The average Bonchev–Trinajstić information content (AvgIpc) is 3.40. The van der Waals surface area contributed by atoms with Gasteiger partial charge in [-0.1, -0.05) is 5.21 Å². The monoisotopic (exact) mass is 358 g/mol. The highest BCUT2D eigenvalue weighted by atomic mass is 16.6. The number of carbonyl (C=O) groups is 2. The number of nitrogens with one attached hydrogen (secondary N) is 1. The van der Waals surface area contributed by atoms with Gasteiger partial charge in [-0.3, -0.25) is 4.79 Å². The zero-order valence-electron chi connectivity index (χ0n) is 14.1. The standard InChI is InChI=1S/C17H18N4O5/c1-9-14(16(22)18-15(17(23)24)10-2-3-10)19-20-21(9)11-4-5-12-13(8-11)26-7-6-25-12/h4-5,8,10,15H,2-3,6-7H2,1H3,(H,18,22)(H,23,24)/t15-/m1/s1. The van der Waals surface area contributed by atoms with Gasteiger partial charge in [-0.25, -0.2) is 9.48 Å². The fraction of sp³-hybridized carbons (Fsp3) is 0.412. The number of nitrogens with zero attached hydrogens (tertiary/aromatic N) is 3. The van der Waals surface area contributed by atoms with Crippen LogP contribution in [0, 0.1) is 12.8 Å². The molecule has 2 heterocycles. The molecular formula is C17H18N4O5. The topological polar surface area (TPSA) is 116 Å². The minimum absolute atomic E-state index is 0.00963. The van der Waals surface area contributed by atoms with E-state index in [4.69, 9.17) is 9.47 Å². The van der Waals surface area contributed by atoms with Crippen molar-refractivity contribution in [3.8, 4) is 17.2 Å². The smallest absolute Gasteiger partial charge is 0.326 e. The zero-order valence-corrected chi connectivity index (χ0v) is 14.1. The third-order valence-electron chi connectivity index (χ3n) is 4.53. The number of carboxylic acids is 1. The second-order valence-electron chi connectivity index (χ2n) is 6.39. The molecule has 1 saturated carbocycles. The molecule has 1 amide bonds. The third kappa shape index (κ3) is 2.96. The van der Waals surface area contributed by atoms with Crippen LogP contribution in [-0.2, 0) is 4.79 Å². The number of amides is 1. The number of benzene rings is 1. The van der Waals surface area contributed by atoms with E-state index in [0.717, 1.165) is 12.8 Å². The Morgan fingerprint density at radius 3 is 2.69 bits per heavy atom. The molecule has 1 fully saturated rings. The Morgan fingerprint density at radius 2 is 2.00 bits per heavy atom. The van der Waals surface area contributed by atoms with Crippen LogP contribution in [0.5, 0.6) is 11.5 Å². The van der Waals surface area contributed by atoms with Crippen molar-refractivity contribution >= 4 is 11.9 Å². The van der Waals surface area contributed by atoms with Crippen LogP contribution in [0.3, 0.4) is 0 Å². The molecule has 1 aromatic carbocycles. The van der Waals surface area contributed by atoms with Crippen LogP contribution in [0.2, 0.25) is 0 Å². The van der Waals surface area contributed by atoms with Crippen molar-refractivity contribution in [3.63, 3.8) is 0 Å². The van der Waals surface area contributed by atoms with Crippen molar-refractivity contribution < 1.29 is 24.2 Å². The molecule has 1 aliphatic carbocycles. The van der Waals surface area contributed by atoms with E-state index < -0.39 is 17.9 Å². The largest absolute Gasteiger partial charge is 0.486 e. The van der Waals surface area contributed by atoms with Gasteiger partial charge in [0, 0.05) is 6.07 Å². The molecule has 0 spiro atoms. The molecule has 0 saturated heterocycles. The van der Waals surface area contributed by atoms with Crippen molar-refractivity contribution in [2.24, 2.45) is 5.92 Å². The highest BCUT2D eigenvalue weighted by molar-refractivity contribution is 5.96. The number of aromatic nitrogens is 3. The number of hydrogen-bond acceptors (Lipinski definition) is 6. The van der Waals surface area contributed by atoms with Gasteiger partial charge in [-0.15, -0.1) is 5.10 Å². The van der Waals surface area contributed by atoms with Gasteiger partial charge in [0.25, 0.3) is 5.91 Å². The van der Waals surface area contributed by atoms with E-state index in [0.29, 0.717) is 36.1 Å². The van der Waals surface area contributed by atoms with Crippen LogP contribution >= 0.6 is 0 Å². The van der Waals surface area contributed by atoms with Gasteiger partial charge in [0.15, 0.2) is 17.2 Å². The third-order valence-corrected chi connectivity index (χ3v) is 4.53. The maximum Gasteiger partial charge on any atom is 0.326 e. The Hall–Kier alpha value is -3.10. The van der Waals surface area contributed by atoms with Crippen molar-refractivity contribution in [2.45, 2.75) is 25.8 Å². The number of ether oxygens (including phenoxy) is 2. The lowest BCUT2D eigenvalue weighted by Gasteiger charge is -2.18. The molecule has 9 nitrogen and oxygen atoms in total. The van der Waals surface area contributed by atoms with Crippen molar-refractivity contribution in [1.29, 1.82) is 0 Å². The molecule has 1 aromatic heterocycles. The molecule has 0 unspecified atom stereocenters. The van der Waals surface area contributed by atoms with Crippen LogP contribution in [0.4, 0.5) is 0 Å². The first-order chi connectivity index (χ1) is 12.5. The maximum atomic E-state index is 12.5. The number of carbonyl (C=O) groups excluding carboxylic acids is 1. The number of carboxylic acid groups (broad SMARTS) is 1. The summed E-state index contributed by atoms with van der Waals surface area (Å²) >= 11 is 0. The predicted octanol–water partition coefficient (Wildman–Crippen LogP) is 0.940. The van der Waals surface area contributed by atoms with Crippen LogP contribution in [0.15, 0.2) is 18.2 Å². The van der Waals surface area contributed by atoms with E-state index in [1.165, 1.54) is 4.68 Å². The molecule has 2 aromatic rings. The Labute approximate surface area is 148 Å². The zero-order chi connectivity index (χ0) is 18.3. The number of fused-ring (bicyclic) bond motifs is 1. The molecular weight excluding hydrogens is 340 g/mol. The normalized spacial score (nSPS) is 16.8. The van der Waals surface area contributed by atoms with Crippen molar-refractivity contribution in [3.05, 3.63) is 29.6 Å². The highest BCUT2D eigenvalue weighted by Gasteiger charge is 2.38. The summed E-state index contributed by atoms with van der Waals surface area (Å²) in [6, 6.07) is 4.45. The molecule has 2 N–H and O–H groups in total. The molecule has 0 bridgehead atoms. The summed E-state index contributed by atoms with van der Waals surface area (Å²) in [5.41, 5.74) is 1.29. The van der Waals surface area contributed by atoms with Gasteiger partial charge in [-0.2, -0.15) is 0 Å². The Balaban J connectivity index is 1.58. The quantitative estimate of drug-likeness (QED) is 0.817. The Kier molecular flexibility index (Phi) is 3.98. The summed E-state index contributed by atoms with van der Waals surface area (Å²) in [6.45, 7) is 2.68. The van der Waals surface area contributed by atoms with E-state index in [9.17, 15) is 14.7 Å². The lowest BCUT2D eigenvalue weighted by Crippen LogP contribution is -2.42. The summed E-state index contributed by atoms with van der Waals surface area (Å²) in [4.78, 5) is 23.8. The molecule has 26 heavy (non-hydrogen) atoms. The highest BCUT2D eigenvalue weighted by Crippen LogP contribution is 2.33. The Bertz CT molecular complexity index is 874. The van der Waals surface area contributed by atoms with Gasteiger partial charge in [0.1, 0.15) is 19.3 Å². The van der Waals surface area contributed by atoms with E-state index in [1.54, 1.807) is 25.1 Å². The van der Waals surface area contributed by atoms with Crippen LogP contribution in [-0.4, -0.2) is 51.2 Å². The molecule has 0 radical (unpaired) electrons. The van der Waals surface area contributed by atoms with Crippen molar-refractivity contribution in [1.82, 2.24) is 20.3 Å². The second-order valence-corrected chi connectivity index (χ2v) is 6.39. The number of hydrogen-bond donors (Lipinski definition) is 2. The minimum atomic E-state index is -1.03. The molecule has 4 rings (SSSR count). The minimum Gasteiger partial charge on any atom is -0.486 e. The second kappa shape index (κ2) is 6.32.